The van der Waals surface area contributed by atoms with Gasteiger partial charge >= 0.3 is 0 Å². The van der Waals surface area contributed by atoms with Crippen molar-refractivity contribution in [2.45, 2.75) is 37.5 Å². The third kappa shape index (κ3) is 1.81. The van der Waals surface area contributed by atoms with E-state index in [-0.39, 0.29) is 22.5 Å². The van der Waals surface area contributed by atoms with E-state index >= 15 is 0 Å². The second kappa shape index (κ2) is 3.94. The van der Waals surface area contributed by atoms with E-state index in [1.807, 2.05) is 0 Å². The molecule has 2 bridgehead atoms. The average molecular weight is 260 g/mol. The Balaban J connectivity index is 1.65. The summed E-state index contributed by atoms with van der Waals surface area (Å²) in [5.41, 5.74) is 0. The van der Waals surface area contributed by atoms with E-state index in [0.29, 0.717) is 11.1 Å². The molecule has 1 N–H and O–H groups in total. The second-order valence-corrected chi connectivity index (χ2v) is 5.61. The lowest BCUT2D eigenvalue weighted by molar-refractivity contribution is 0.0840. The van der Waals surface area contributed by atoms with Crippen molar-refractivity contribution in [3.8, 4) is 0 Å². The van der Waals surface area contributed by atoms with Crippen LogP contribution in [0.5, 0.6) is 0 Å². The van der Waals surface area contributed by atoms with Crippen molar-refractivity contribution in [1.29, 1.82) is 0 Å². The van der Waals surface area contributed by atoms with Gasteiger partial charge in [-0.25, -0.2) is 0 Å². The van der Waals surface area contributed by atoms with Crippen molar-refractivity contribution in [1.82, 2.24) is 15.5 Å². The van der Waals surface area contributed by atoms with Gasteiger partial charge in [0.25, 0.3) is 5.91 Å². The van der Waals surface area contributed by atoms with Crippen LogP contribution in [0.15, 0.2) is 0 Å². The summed E-state index contributed by atoms with van der Waals surface area (Å²) in [4.78, 5) is 11.8. The number of carbonyl (C=O) groups excluding carboxylic acids is 1. The summed E-state index contributed by atoms with van der Waals surface area (Å²) in [6, 6.07) is 0.119. The summed E-state index contributed by atoms with van der Waals surface area (Å²) in [6.45, 7) is 0. The second-order valence-electron chi connectivity index (χ2n) is 4.05. The minimum Gasteiger partial charge on any atom is -0.373 e. The molecule has 3 atom stereocenters. The number of fused-ring (bicyclic) bond motifs is 2. The Morgan fingerprint density at radius 3 is 2.94 bits per heavy atom. The smallest absolute Gasteiger partial charge is 0.282 e. The summed E-state index contributed by atoms with van der Waals surface area (Å²) in [6.07, 6.45) is 3.56. The number of rotatable bonds is 2. The van der Waals surface area contributed by atoms with E-state index in [1.165, 1.54) is 0 Å². The standard InChI is InChI=1S/C9H10ClN3O2S/c10-9-13-12-8(16-9)7(14)11-5-3-4-1-2-6(5)15-4/h4-6H,1-3H2,(H,11,14). The van der Waals surface area contributed by atoms with Gasteiger partial charge in [0.15, 0.2) is 0 Å². The first-order chi connectivity index (χ1) is 7.72. The van der Waals surface area contributed by atoms with Crippen LogP contribution < -0.4 is 5.32 Å². The Kier molecular flexibility index (Phi) is 2.57. The number of nitrogens with zero attached hydrogens (tertiary/aromatic N) is 2. The van der Waals surface area contributed by atoms with Crippen LogP contribution in [0.2, 0.25) is 4.47 Å². The van der Waals surface area contributed by atoms with E-state index < -0.39 is 0 Å². The molecule has 3 unspecified atom stereocenters. The fraction of sp³-hybridized carbons (Fsp3) is 0.667. The molecule has 2 saturated heterocycles. The zero-order chi connectivity index (χ0) is 11.1. The molecule has 86 valence electrons. The number of ether oxygens (including phenoxy) is 1. The SMILES string of the molecule is O=C(NC1CC2CCC1O2)c1nnc(Cl)s1. The van der Waals surface area contributed by atoms with Crippen LogP contribution in [0.25, 0.3) is 0 Å². The van der Waals surface area contributed by atoms with Gasteiger partial charge in [-0.1, -0.05) is 11.3 Å². The van der Waals surface area contributed by atoms with Crippen molar-refractivity contribution in [2.24, 2.45) is 0 Å². The monoisotopic (exact) mass is 259 g/mol. The fourth-order valence-electron chi connectivity index (χ4n) is 2.32. The normalized spacial score (nSPS) is 31.9. The molecule has 0 aliphatic carbocycles. The quantitative estimate of drug-likeness (QED) is 0.868. The van der Waals surface area contributed by atoms with Crippen LogP contribution in [0.1, 0.15) is 29.1 Å². The van der Waals surface area contributed by atoms with Gasteiger partial charge in [0, 0.05) is 0 Å². The maximum atomic E-state index is 11.8. The molecule has 16 heavy (non-hydrogen) atoms. The van der Waals surface area contributed by atoms with Gasteiger partial charge in [-0.15, -0.1) is 10.2 Å². The van der Waals surface area contributed by atoms with E-state index in [2.05, 4.69) is 15.5 Å². The van der Waals surface area contributed by atoms with Crippen molar-refractivity contribution in [3.63, 3.8) is 0 Å². The highest BCUT2D eigenvalue weighted by molar-refractivity contribution is 7.17. The Morgan fingerprint density at radius 2 is 2.38 bits per heavy atom. The molecule has 0 radical (unpaired) electrons. The summed E-state index contributed by atoms with van der Waals surface area (Å²) < 4.78 is 5.94. The zero-order valence-electron chi connectivity index (χ0n) is 8.35. The molecular weight excluding hydrogens is 250 g/mol. The number of nitrogens with one attached hydrogen (secondary N) is 1. The van der Waals surface area contributed by atoms with Gasteiger partial charge in [-0.3, -0.25) is 4.79 Å². The Labute approximate surface area is 101 Å². The molecule has 1 amide bonds. The van der Waals surface area contributed by atoms with Gasteiger partial charge in [-0.05, 0) is 30.9 Å². The molecule has 5 nitrogen and oxygen atoms in total. The highest BCUT2D eigenvalue weighted by Crippen LogP contribution is 2.34. The number of amides is 1. The highest BCUT2D eigenvalue weighted by atomic mass is 35.5. The predicted molar refractivity (Wildman–Crippen MR) is 58.7 cm³/mol. The molecule has 0 saturated carbocycles. The third-order valence-electron chi connectivity index (χ3n) is 3.02. The summed E-state index contributed by atoms with van der Waals surface area (Å²) in [7, 11) is 0. The van der Waals surface area contributed by atoms with E-state index in [1.54, 1.807) is 0 Å². The molecule has 2 aliphatic rings. The zero-order valence-corrected chi connectivity index (χ0v) is 9.92. The first-order valence-electron chi connectivity index (χ1n) is 5.17. The van der Waals surface area contributed by atoms with Gasteiger partial charge in [0.05, 0.1) is 18.2 Å². The van der Waals surface area contributed by atoms with Crippen molar-refractivity contribution in [2.75, 3.05) is 0 Å². The molecule has 3 heterocycles. The molecule has 3 rings (SSSR count). The molecular formula is C9H10ClN3O2S. The van der Waals surface area contributed by atoms with Crippen molar-refractivity contribution >= 4 is 28.8 Å². The molecule has 1 aromatic rings. The maximum Gasteiger partial charge on any atom is 0.282 e. The summed E-state index contributed by atoms with van der Waals surface area (Å²) in [5.74, 6) is -0.203. The van der Waals surface area contributed by atoms with Crippen LogP contribution in [-0.4, -0.2) is 34.4 Å². The Hall–Kier alpha value is -0.720. The lowest BCUT2D eigenvalue weighted by Crippen LogP contribution is -2.41. The lowest BCUT2D eigenvalue weighted by Gasteiger charge is -2.18. The van der Waals surface area contributed by atoms with Crippen LogP contribution in [-0.2, 0) is 4.74 Å². The largest absolute Gasteiger partial charge is 0.373 e. The van der Waals surface area contributed by atoms with Crippen LogP contribution >= 0.6 is 22.9 Å². The summed E-state index contributed by atoms with van der Waals surface area (Å²) in [5, 5.41) is 10.5. The number of halogens is 1. The van der Waals surface area contributed by atoms with E-state index in [0.717, 1.165) is 30.6 Å². The minimum absolute atomic E-state index is 0.119. The van der Waals surface area contributed by atoms with Crippen molar-refractivity contribution < 1.29 is 9.53 Å². The Bertz CT molecular complexity index is 425. The molecule has 0 aromatic carbocycles. The van der Waals surface area contributed by atoms with Crippen LogP contribution in [0, 0.1) is 0 Å². The summed E-state index contributed by atoms with van der Waals surface area (Å²) >= 11 is 6.71. The van der Waals surface area contributed by atoms with Crippen LogP contribution in [0.3, 0.4) is 0 Å². The molecule has 0 spiro atoms. The van der Waals surface area contributed by atoms with E-state index in [9.17, 15) is 4.79 Å². The molecule has 7 heteroatoms. The number of aromatic nitrogens is 2. The van der Waals surface area contributed by atoms with Gasteiger partial charge in [-0.2, -0.15) is 0 Å². The third-order valence-corrected chi connectivity index (χ3v) is 4.03. The molecule has 2 fully saturated rings. The van der Waals surface area contributed by atoms with Gasteiger partial charge < -0.3 is 10.1 Å². The highest BCUT2D eigenvalue weighted by Gasteiger charge is 2.41. The van der Waals surface area contributed by atoms with Crippen molar-refractivity contribution in [3.05, 3.63) is 9.47 Å². The van der Waals surface area contributed by atoms with Gasteiger partial charge in [0.2, 0.25) is 9.47 Å². The van der Waals surface area contributed by atoms with Crippen LogP contribution in [0.4, 0.5) is 0 Å². The molecule has 1 aromatic heterocycles. The average Bonchev–Trinajstić information content (AvgIpc) is 2.92. The molecule has 2 aliphatic heterocycles. The topological polar surface area (TPSA) is 64.1 Å². The number of hydrogen-bond acceptors (Lipinski definition) is 5. The number of carbonyl (C=O) groups is 1. The first kappa shape index (κ1) is 10.4. The maximum absolute atomic E-state index is 11.8. The van der Waals surface area contributed by atoms with E-state index in [4.69, 9.17) is 16.3 Å². The minimum atomic E-state index is -0.203. The Morgan fingerprint density at radius 1 is 1.50 bits per heavy atom. The fourth-order valence-corrected chi connectivity index (χ4v) is 3.05. The predicted octanol–water partition coefficient (Wildman–Crippen LogP) is 1.24. The lowest BCUT2D eigenvalue weighted by atomic mass is 9.95. The van der Waals surface area contributed by atoms with Gasteiger partial charge in [0.1, 0.15) is 0 Å². The first-order valence-corrected chi connectivity index (χ1v) is 6.37. The number of hydrogen-bond donors (Lipinski definition) is 1.